The molecule has 4 aromatic rings. The molecule has 0 bridgehead atoms. The van der Waals surface area contributed by atoms with Crippen LogP contribution in [0.4, 0.5) is 5.13 Å². The van der Waals surface area contributed by atoms with E-state index in [2.05, 4.69) is 24.0 Å². The number of hydrogen-bond donors (Lipinski definition) is 0. The molecule has 4 rings (SSSR count). The number of hydrogen-bond acceptors (Lipinski definition) is 7. The second-order valence-electron chi connectivity index (χ2n) is 7.45. The Kier molecular flexibility index (Phi) is 7.51. The zero-order chi connectivity index (χ0) is 23.2. The molecule has 0 aliphatic heterocycles. The third kappa shape index (κ3) is 5.48. The highest BCUT2D eigenvalue weighted by Crippen LogP contribution is 2.40. The Hall–Kier alpha value is -3.04. The minimum atomic E-state index is 0.0168. The molecule has 2 aromatic carbocycles. The van der Waals surface area contributed by atoms with E-state index in [9.17, 15) is 4.79 Å². The molecule has 0 unspecified atom stereocenters. The minimum absolute atomic E-state index is 0.0168. The summed E-state index contributed by atoms with van der Waals surface area (Å²) in [6.45, 7) is 3.37. The topological polar surface area (TPSA) is 69.5 Å². The van der Waals surface area contributed by atoms with E-state index in [1.54, 1.807) is 31.6 Å². The Morgan fingerprint density at radius 2 is 1.88 bits per heavy atom. The molecular weight excluding hydrogens is 456 g/mol. The highest BCUT2D eigenvalue weighted by Gasteiger charge is 2.22. The molecule has 2 heterocycles. The molecule has 0 saturated heterocycles. The van der Waals surface area contributed by atoms with Gasteiger partial charge in [0.2, 0.25) is 5.91 Å². The van der Waals surface area contributed by atoms with Crippen molar-refractivity contribution in [3.63, 3.8) is 0 Å². The minimum Gasteiger partial charge on any atom is -0.495 e. The van der Waals surface area contributed by atoms with Gasteiger partial charge in [0.1, 0.15) is 21.7 Å². The van der Waals surface area contributed by atoms with Crippen LogP contribution >= 0.6 is 23.1 Å². The van der Waals surface area contributed by atoms with Crippen LogP contribution in [0.15, 0.2) is 60.0 Å². The summed E-state index contributed by atoms with van der Waals surface area (Å²) in [5.41, 5.74) is 1.90. The molecule has 0 spiro atoms. The van der Waals surface area contributed by atoms with E-state index in [-0.39, 0.29) is 5.91 Å². The van der Waals surface area contributed by atoms with E-state index in [0.29, 0.717) is 28.7 Å². The maximum Gasteiger partial charge on any atom is 0.239 e. The molecular formula is C24H26N4O3S2. The fraction of sp³-hybridized carbons (Fsp3) is 0.292. The first-order chi connectivity index (χ1) is 16.1. The smallest absolute Gasteiger partial charge is 0.239 e. The Bertz CT molecular complexity index is 1170. The average Bonchev–Trinajstić information content (AvgIpc) is 3.51. The molecule has 1 amide bonds. The third-order valence-electron chi connectivity index (χ3n) is 5.17. The van der Waals surface area contributed by atoms with Gasteiger partial charge < -0.3 is 14.0 Å². The number of nitrogens with zero attached hydrogens (tertiary/aromatic N) is 4. The lowest BCUT2D eigenvalue weighted by atomic mass is 10.2. The number of thiazole rings is 1. The van der Waals surface area contributed by atoms with Crippen LogP contribution in [0, 0.1) is 6.92 Å². The molecule has 0 aliphatic rings. The third-order valence-corrected chi connectivity index (χ3v) is 7.26. The van der Waals surface area contributed by atoms with Gasteiger partial charge in [-0.1, -0.05) is 29.0 Å². The van der Waals surface area contributed by atoms with Crippen LogP contribution in [0.2, 0.25) is 0 Å². The van der Waals surface area contributed by atoms with Crippen molar-refractivity contribution in [3.8, 4) is 11.5 Å². The summed E-state index contributed by atoms with van der Waals surface area (Å²) in [6, 6.07) is 11.9. The number of thioether (sulfide) groups is 1. The van der Waals surface area contributed by atoms with Crippen LogP contribution in [0.1, 0.15) is 12.0 Å². The number of aryl methyl sites for hydroxylation is 2. The van der Waals surface area contributed by atoms with Crippen molar-refractivity contribution in [2.75, 3.05) is 31.4 Å². The van der Waals surface area contributed by atoms with Crippen molar-refractivity contribution in [1.29, 1.82) is 0 Å². The van der Waals surface area contributed by atoms with E-state index in [1.165, 1.54) is 28.7 Å². The van der Waals surface area contributed by atoms with E-state index >= 15 is 0 Å². The number of carbonyl (C=O) groups is 1. The highest BCUT2D eigenvalue weighted by atomic mass is 32.2. The second kappa shape index (κ2) is 10.7. The molecule has 0 fully saturated rings. The van der Waals surface area contributed by atoms with Gasteiger partial charge in [-0.2, -0.15) is 0 Å². The normalized spacial score (nSPS) is 11.0. The molecule has 0 N–H and O–H groups in total. The zero-order valence-corrected chi connectivity index (χ0v) is 20.5. The molecule has 0 aliphatic carbocycles. The standard InChI is InChI=1S/C24H26N4O3S2/c1-17-5-7-18(8-6-17)32-15-21(29)28(13-4-12-27-14-11-25-16-27)24-26-22-19(30-2)9-10-20(31-3)23(22)33-24/h5-11,14,16H,4,12-13,15H2,1-3H3. The fourth-order valence-corrected chi connectivity index (χ4v) is 5.30. The number of fused-ring (bicyclic) bond motifs is 1. The summed E-state index contributed by atoms with van der Waals surface area (Å²) in [5, 5.41) is 0.646. The lowest BCUT2D eigenvalue weighted by molar-refractivity contribution is -0.116. The number of imidazole rings is 1. The Morgan fingerprint density at radius 3 is 2.58 bits per heavy atom. The maximum absolute atomic E-state index is 13.4. The van der Waals surface area contributed by atoms with Gasteiger partial charge in [-0.15, -0.1) is 11.8 Å². The Balaban J connectivity index is 1.58. The van der Waals surface area contributed by atoms with Crippen molar-refractivity contribution in [2.45, 2.75) is 24.8 Å². The van der Waals surface area contributed by atoms with Gasteiger partial charge in [0.05, 0.1) is 26.3 Å². The molecule has 172 valence electrons. The molecule has 0 saturated carbocycles. The fourth-order valence-electron chi connectivity index (χ4n) is 3.40. The largest absolute Gasteiger partial charge is 0.495 e. The molecule has 0 atom stereocenters. The van der Waals surface area contributed by atoms with Crippen molar-refractivity contribution < 1.29 is 14.3 Å². The van der Waals surface area contributed by atoms with Crippen molar-refractivity contribution >= 4 is 44.4 Å². The first-order valence-electron chi connectivity index (χ1n) is 10.6. The monoisotopic (exact) mass is 482 g/mol. The number of benzene rings is 2. The van der Waals surface area contributed by atoms with Gasteiger partial charge in [-0.25, -0.2) is 9.97 Å². The van der Waals surface area contributed by atoms with E-state index in [4.69, 9.17) is 14.5 Å². The first-order valence-corrected chi connectivity index (χ1v) is 12.4. The summed E-state index contributed by atoms with van der Waals surface area (Å²) < 4.78 is 13.9. The van der Waals surface area contributed by atoms with E-state index < -0.39 is 0 Å². The van der Waals surface area contributed by atoms with E-state index in [0.717, 1.165) is 28.3 Å². The van der Waals surface area contributed by atoms with Gasteiger partial charge in [0.15, 0.2) is 5.13 Å². The van der Waals surface area contributed by atoms with Gasteiger partial charge in [0.25, 0.3) is 0 Å². The van der Waals surface area contributed by atoms with Crippen LogP contribution in [0.3, 0.4) is 0 Å². The average molecular weight is 483 g/mol. The van der Waals surface area contributed by atoms with Crippen LogP contribution < -0.4 is 14.4 Å². The number of amides is 1. The van der Waals surface area contributed by atoms with Crippen molar-refractivity contribution in [1.82, 2.24) is 14.5 Å². The number of methoxy groups -OCH3 is 2. The predicted molar refractivity (Wildman–Crippen MR) is 134 cm³/mol. The number of ether oxygens (including phenoxy) is 2. The van der Waals surface area contributed by atoms with Crippen LogP contribution in [-0.4, -0.2) is 47.0 Å². The van der Waals surface area contributed by atoms with Crippen LogP contribution in [-0.2, 0) is 11.3 Å². The lowest BCUT2D eigenvalue weighted by Gasteiger charge is -2.20. The summed E-state index contributed by atoms with van der Waals surface area (Å²) in [6.07, 6.45) is 6.24. The molecule has 2 aromatic heterocycles. The number of rotatable bonds is 10. The van der Waals surface area contributed by atoms with Gasteiger partial charge in [-0.05, 0) is 37.6 Å². The number of anilines is 1. The SMILES string of the molecule is COc1ccc(OC)c2sc(N(CCCn3ccnc3)C(=O)CSc3ccc(C)cc3)nc12. The quantitative estimate of drug-likeness (QED) is 0.295. The maximum atomic E-state index is 13.4. The summed E-state index contributed by atoms with van der Waals surface area (Å²) in [5.74, 6) is 1.73. The lowest BCUT2D eigenvalue weighted by Crippen LogP contribution is -2.33. The first kappa shape index (κ1) is 23.1. The van der Waals surface area contributed by atoms with Gasteiger partial charge in [0, 0.05) is 30.4 Å². The number of carbonyl (C=O) groups excluding carboxylic acids is 1. The molecule has 0 radical (unpaired) electrons. The highest BCUT2D eigenvalue weighted by molar-refractivity contribution is 8.00. The summed E-state index contributed by atoms with van der Waals surface area (Å²) in [7, 11) is 3.25. The van der Waals surface area contributed by atoms with Crippen LogP contribution in [0.25, 0.3) is 10.2 Å². The van der Waals surface area contributed by atoms with Gasteiger partial charge >= 0.3 is 0 Å². The van der Waals surface area contributed by atoms with Crippen LogP contribution in [0.5, 0.6) is 11.5 Å². The molecule has 33 heavy (non-hydrogen) atoms. The predicted octanol–water partition coefficient (Wildman–Crippen LogP) is 5.03. The summed E-state index contributed by atoms with van der Waals surface area (Å²) in [4.78, 5) is 25.1. The van der Waals surface area contributed by atoms with E-state index in [1.807, 2.05) is 35.0 Å². The Morgan fingerprint density at radius 1 is 1.12 bits per heavy atom. The second-order valence-corrected chi connectivity index (χ2v) is 9.47. The summed E-state index contributed by atoms with van der Waals surface area (Å²) >= 11 is 2.98. The molecule has 7 nitrogen and oxygen atoms in total. The van der Waals surface area contributed by atoms with Gasteiger partial charge in [-0.3, -0.25) is 9.69 Å². The van der Waals surface area contributed by atoms with Crippen molar-refractivity contribution in [2.24, 2.45) is 0 Å². The Labute approximate surface area is 201 Å². The van der Waals surface area contributed by atoms with Crippen molar-refractivity contribution in [3.05, 3.63) is 60.7 Å². The molecule has 9 heteroatoms. The number of aromatic nitrogens is 3. The zero-order valence-electron chi connectivity index (χ0n) is 18.9.